The van der Waals surface area contributed by atoms with E-state index in [0.29, 0.717) is 4.73 Å². The van der Waals surface area contributed by atoms with E-state index in [1.54, 1.807) is 6.20 Å². The van der Waals surface area contributed by atoms with Gasteiger partial charge in [0.05, 0.1) is 10.9 Å². The fourth-order valence-electron chi connectivity index (χ4n) is 0.690. The van der Waals surface area contributed by atoms with Crippen molar-refractivity contribution >= 4 is 53.5 Å². The number of nitrogens with zero attached hydrogens (tertiary/aromatic N) is 3. The monoisotopic (exact) mass is 293 g/mol. The molecule has 56 valence electrons. The molecule has 0 bridgehead atoms. The molecule has 0 aromatic carbocycles. The summed E-state index contributed by atoms with van der Waals surface area (Å²) in [6, 6.07) is 0. The molecule has 0 aliphatic heterocycles. The first-order chi connectivity index (χ1) is 5.25. The van der Waals surface area contributed by atoms with E-state index in [2.05, 4.69) is 46.8 Å². The summed E-state index contributed by atoms with van der Waals surface area (Å²) in [7, 11) is 0. The molecule has 2 rings (SSSR count). The van der Waals surface area contributed by atoms with Crippen LogP contribution in [0.2, 0.25) is 0 Å². The lowest BCUT2D eigenvalue weighted by atomic mass is 10.6. The highest BCUT2D eigenvalue weighted by molar-refractivity contribution is 9.11. The summed E-state index contributed by atoms with van der Waals surface area (Å²) in [5.41, 5.74) is 0.726. The lowest BCUT2D eigenvalue weighted by Gasteiger charge is -1.85. The van der Waals surface area contributed by atoms with Gasteiger partial charge in [0.2, 0.25) is 0 Å². The van der Waals surface area contributed by atoms with Gasteiger partial charge in [0.1, 0.15) is 0 Å². The highest BCUT2D eigenvalue weighted by Crippen LogP contribution is 2.24. The van der Waals surface area contributed by atoms with Gasteiger partial charge in [-0.1, -0.05) is 0 Å². The average Bonchev–Trinajstić information content (AvgIpc) is 2.27. The van der Waals surface area contributed by atoms with E-state index in [4.69, 9.17) is 0 Å². The van der Waals surface area contributed by atoms with Crippen molar-refractivity contribution in [2.24, 2.45) is 0 Å². The maximum absolute atomic E-state index is 4.13. The van der Waals surface area contributed by atoms with Crippen molar-refractivity contribution in [2.75, 3.05) is 0 Å². The van der Waals surface area contributed by atoms with Gasteiger partial charge in [0.15, 0.2) is 14.3 Å². The fourth-order valence-corrected chi connectivity index (χ4v) is 2.25. The van der Waals surface area contributed by atoms with Crippen LogP contribution < -0.4 is 0 Å². The number of hydrogen-bond acceptors (Lipinski definition) is 4. The van der Waals surface area contributed by atoms with Crippen LogP contribution in [-0.4, -0.2) is 15.0 Å². The predicted molar refractivity (Wildman–Crippen MR) is 50.6 cm³/mol. The van der Waals surface area contributed by atoms with Crippen molar-refractivity contribution < 1.29 is 0 Å². The van der Waals surface area contributed by atoms with E-state index in [0.717, 1.165) is 14.3 Å². The number of aromatic nitrogens is 3. The Hall–Kier alpha value is -0.0700. The lowest BCUT2D eigenvalue weighted by Crippen LogP contribution is -1.80. The van der Waals surface area contributed by atoms with Crippen molar-refractivity contribution in [1.82, 2.24) is 15.0 Å². The minimum atomic E-state index is 0.572. The summed E-state index contributed by atoms with van der Waals surface area (Å²) in [4.78, 5) is 12.2. The molecule has 0 N–H and O–H groups in total. The van der Waals surface area contributed by atoms with Crippen molar-refractivity contribution in [1.29, 1.82) is 0 Å². The zero-order valence-corrected chi connectivity index (χ0v) is 9.07. The molecule has 0 aliphatic rings. The number of hydrogen-bond donors (Lipinski definition) is 0. The Morgan fingerprint density at radius 3 is 2.91 bits per heavy atom. The van der Waals surface area contributed by atoms with Gasteiger partial charge in [-0.25, -0.2) is 15.0 Å². The van der Waals surface area contributed by atoms with E-state index >= 15 is 0 Å². The van der Waals surface area contributed by atoms with Gasteiger partial charge in [0, 0.05) is 0 Å². The Morgan fingerprint density at radius 1 is 1.27 bits per heavy atom. The average molecular weight is 295 g/mol. The zero-order valence-electron chi connectivity index (χ0n) is 5.08. The number of thiazole rings is 1. The first kappa shape index (κ1) is 7.57. The van der Waals surface area contributed by atoms with Gasteiger partial charge in [-0.3, -0.25) is 0 Å². The van der Waals surface area contributed by atoms with Gasteiger partial charge < -0.3 is 0 Å². The quantitative estimate of drug-likeness (QED) is 0.701. The SMILES string of the molecule is Brc1ncc2sc(Br)nc2n1. The highest BCUT2D eigenvalue weighted by Gasteiger charge is 2.02. The fraction of sp³-hybridized carbons (Fsp3) is 0. The molecule has 0 saturated heterocycles. The molecular formula is C5HBr2N3S. The van der Waals surface area contributed by atoms with Crippen molar-refractivity contribution in [3.8, 4) is 0 Å². The molecule has 0 atom stereocenters. The maximum atomic E-state index is 4.13. The summed E-state index contributed by atoms with van der Waals surface area (Å²) in [6.45, 7) is 0. The molecule has 0 saturated carbocycles. The third kappa shape index (κ3) is 1.43. The third-order valence-electron chi connectivity index (χ3n) is 1.09. The largest absolute Gasteiger partial charge is 0.229 e. The van der Waals surface area contributed by atoms with Crippen molar-refractivity contribution in [2.45, 2.75) is 0 Å². The lowest BCUT2D eigenvalue weighted by molar-refractivity contribution is 1.14. The van der Waals surface area contributed by atoms with E-state index in [-0.39, 0.29) is 0 Å². The Bertz CT molecular complexity index is 400. The zero-order chi connectivity index (χ0) is 7.84. The van der Waals surface area contributed by atoms with Gasteiger partial charge in [-0.15, -0.1) is 11.3 Å². The van der Waals surface area contributed by atoms with Crippen LogP contribution in [0.25, 0.3) is 10.3 Å². The normalized spacial score (nSPS) is 10.7. The van der Waals surface area contributed by atoms with Crippen LogP contribution in [0.15, 0.2) is 14.8 Å². The number of rotatable bonds is 0. The Kier molecular flexibility index (Phi) is 1.90. The molecule has 3 nitrogen and oxygen atoms in total. The topological polar surface area (TPSA) is 38.7 Å². The smallest absolute Gasteiger partial charge is 0.198 e. The molecule has 6 heteroatoms. The van der Waals surface area contributed by atoms with E-state index in [1.165, 1.54) is 11.3 Å². The first-order valence-electron chi connectivity index (χ1n) is 2.70. The van der Waals surface area contributed by atoms with Crippen LogP contribution in [-0.2, 0) is 0 Å². The van der Waals surface area contributed by atoms with Crippen LogP contribution in [0.3, 0.4) is 0 Å². The van der Waals surface area contributed by atoms with E-state index in [9.17, 15) is 0 Å². The van der Waals surface area contributed by atoms with Gasteiger partial charge >= 0.3 is 0 Å². The van der Waals surface area contributed by atoms with Crippen LogP contribution >= 0.6 is 43.2 Å². The van der Waals surface area contributed by atoms with Crippen LogP contribution in [0.4, 0.5) is 0 Å². The van der Waals surface area contributed by atoms with Gasteiger partial charge in [0.25, 0.3) is 0 Å². The molecule has 0 amide bonds. The Labute approximate surface area is 83.1 Å². The van der Waals surface area contributed by atoms with Crippen molar-refractivity contribution in [3.63, 3.8) is 0 Å². The second kappa shape index (κ2) is 2.76. The number of halogens is 2. The van der Waals surface area contributed by atoms with Crippen LogP contribution in [0.5, 0.6) is 0 Å². The van der Waals surface area contributed by atoms with Crippen LogP contribution in [0.1, 0.15) is 0 Å². The molecule has 2 aromatic rings. The maximum Gasteiger partial charge on any atom is 0.198 e. The molecule has 0 aliphatic carbocycles. The minimum absolute atomic E-state index is 0.572. The second-order valence-electron chi connectivity index (χ2n) is 1.79. The minimum Gasteiger partial charge on any atom is -0.229 e. The number of fused-ring (bicyclic) bond motifs is 1. The molecule has 0 radical (unpaired) electrons. The molecule has 2 heterocycles. The van der Waals surface area contributed by atoms with Gasteiger partial charge in [-0.05, 0) is 31.9 Å². The summed E-state index contributed by atoms with van der Waals surface area (Å²) >= 11 is 7.96. The summed E-state index contributed by atoms with van der Waals surface area (Å²) in [5, 5.41) is 0. The standard InChI is InChI=1S/C5HBr2N3S/c6-4-8-1-2-3(9-4)10-5(7)11-2/h1H. The van der Waals surface area contributed by atoms with E-state index < -0.39 is 0 Å². The van der Waals surface area contributed by atoms with Gasteiger partial charge in [-0.2, -0.15) is 0 Å². The highest BCUT2D eigenvalue weighted by atomic mass is 79.9. The molecule has 0 spiro atoms. The summed E-state index contributed by atoms with van der Waals surface area (Å²) < 4.78 is 2.39. The first-order valence-corrected chi connectivity index (χ1v) is 5.10. The summed E-state index contributed by atoms with van der Waals surface area (Å²) in [6.07, 6.45) is 1.74. The molecule has 0 fully saturated rings. The Morgan fingerprint density at radius 2 is 2.09 bits per heavy atom. The third-order valence-corrected chi connectivity index (χ3v) is 2.91. The molecule has 11 heavy (non-hydrogen) atoms. The summed E-state index contributed by atoms with van der Waals surface area (Å²) in [5.74, 6) is 0. The predicted octanol–water partition coefficient (Wildman–Crippen LogP) is 2.61. The second-order valence-corrected chi connectivity index (χ2v) is 4.81. The van der Waals surface area contributed by atoms with Crippen molar-refractivity contribution in [3.05, 3.63) is 14.8 Å². The Balaban J connectivity index is 2.82. The molecule has 0 unspecified atom stereocenters. The van der Waals surface area contributed by atoms with Crippen LogP contribution in [0, 0.1) is 0 Å². The molecule has 2 aromatic heterocycles. The molecular weight excluding hydrogens is 294 g/mol. The van der Waals surface area contributed by atoms with E-state index in [1.807, 2.05) is 0 Å².